The Labute approximate surface area is 200 Å². The van der Waals surface area contributed by atoms with E-state index in [9.17, 15) is 18.0 Å². The summed E-state index contributed by atoms with van der Waals surface area (Å²) >= 11 is 0. The summed E-state index contributed by atoms with van der Waals surface area (Å²) in [5.41, 5.74) is 2.52. The molecule has 3 rings (SSSR count). The Hall–Kier alpha value is -2.25. The predicted octanol–water partition coefficient (Wildman–Crippen LogP) is 0.0784. The van der Waals surface area contributed by atoms with Crippen LogP contribution in [0.2, 0.25) is 0 Å². The van der Waals surface area contributed by atoms with Crippen molar-refractivity contribution in [1.29, 1.82) is 0 Å². The second kappa shape index (κ2) is 13.0. The molecule has 0 atom stereocenters. The molecule has 1 aromatic rings. The first-order valence-corrected chi connectivity index (χ1v) is 13.0. The van der Waals surface area contributed by atoms with E-state index in [1.54, 1.807) is 17.0 Å². The number of carbonyl (C=O) groups is 2. The van der Waals surface area contributed by atoms with Gasteiger partial charge >= 0.3 is 0 Å². The molecular formula is C22H34N4O7S. The number of hydrogen-bond donors (Lipinski definition) is 1. The fraction of sp³-hybridized carbons (Fsp3) is 0.636. The molecule has 0 bridgehead atoms. The number of amides is 2. The van der Waals surface area contributed by atoms with Gasteiger partial charge in [0.25, 0.3) is 10.0 Å². The van der Waals surface area contributed by atoms with Gasteiger partial charge in [0.15, 0.2) is 0 Å². The Balaban J connectivity index is 1.66. The molecule has 34 heavy (non-hydrogen) atoms. The lowest BCUT2D eigenvalue weighted by Crippen LogP contribution is -2.48. The van der Waals surface area contributed by atoms with E-state index in [2.05, 4.69) is 10.3 Å². The van der Waals surface area contributed by atoms with Crippen LogP contribution in [0.3, 0.4) is 0 Å². The van der Waals surface area contributed by atoms with E-state index in [1.807, 2.05) is 0 Å². The molecule has 12 heteroatoms. The lowest BCUT2D eigenvalue weighted by molar-refractivity contribution is -0.136. The number of sulfonamides is 1. The molecule has 0 saturated carbocycles. The minimum Gasteiger partial charge on any atom is -0.495 e. The van der Waals surface area contributed by atoms with Crippen molar-refractivity contribution in [1.82, 2.24) is 19.6 Å². The standard InChI is InChI=1S/C22H34N4O7S/c1-31-19-5-2-3-6-20(19)34(29,30)26(10-8-22(28)25-13-17-33-18-14-25)23-21(27)7-4-9-24-11-15-32-16-12-24/h2-3,5-6H,4,7-18H2,1H3,(H,23,27). The normalized spacial score (nSPS) is 17.5. The van der Waals surface area contributed by atoms with Crippen LogP contribution in [0.25, 0.3) is 0 Å². The molecule has 2 amide bonds. The summed E-state index contributed by atoms with van der Waals surface area (Å²) in [6, 6.07) is 6.19. The van der Waals surface area contributed by atoms with E-state index in [-0.39, 0.29) is 35.9 Å². The van der Waals surface area contributed by atoms with Crippen LogP contribution < -0.4 is 10.2 Å². The lowest BCUT2D eigenvalue weighted by Gasteiger charge is -2.29. The van der Waals surface area contributed by atoms with Crippen molar-refractivity contribution < 1.29 is 32.2 Å². The fourth-order valence-electron chi connectivity index (χ4n) is 3.84. The van der Waals surface area contributed by atoms with Crippen LogP contribution in [-0.4, -0.2) is 107 Å². The Bertz CT molecular complexity index is 916. The maximum absolute atomic E-state index is 13.4. The number of nitrogens with one attached hydrogen (secondary N) is 1. The minimum atomic E-state index is -4.16. The maximum Gasteiger partial charge on any atom is 0.263 e. The van der Waals surface area contributed by atoms with Crippen LogP contribution in [0.15, 0.2) is 29.2 Å². The number of methoxy groups -OCH3 is 1. The third kappa shape index (κ3) is 7.37. The van der Waals surface area contributed by atoms with Gasteiger partial charge in [0.05, 0.1) is 33.5 Å². The van der Waals surface area contributed by atoms with Crippen molar-refractivity contribution in [2.75, 3.05) is 72.8 Å². The smallest absolute Gasteiger partial charge is 0.263 e. The summed E-state index contributed by atoms with van der Waals surface area (Å²) < 4.78 is 43.5. The topological polar surface area (TPSA) is 118 Å². The lowest BCUT2D eigenvalue weighted by atomic mass is 10.2. The zero-order valence-corrected chi connectivity index (χ0v) is 20.4. The quantitative estimate of drug-likeness (QED) is 0.426. The largest absolute Gasteiger partial charge is 0.495 e. The van der Waals surface area contributed by atoms with Gasteiger partial charge in [-0.05, 0) is 25.1 Å². The fourth-order valence-corrected chi connectivity index (χ4v) is 5.29. The first kappa shape index (κ1) is 26.4. The van der Waals surface area contributed by atoms with Gasteiger partial charge in [0, 0.05) is 45.6 Å². The molecule has 190 valence electrons. The number of rotatable bonds is 11. The Morgan fingerprint density at radius 2 is 1.68 bits per heavy atom. The minimum absolute atomic E-state index is 0.0670. The zero-order valence-electron chi connectivity index (χ0n) is 19.6. The number of morpholine rings is 2. The number of hydrogen-bond acceptors (Lipinski definition) is 8. The molecule has 1 N–H and O–H groups in total. The molecule has 0 unspecified atom stereocenters. The zero-order chi connectivity index (χ0) is 24.4. The molecule has 2 heterocycles. The van der Waals surface area contributed by atoms with Crippen LogP contribution in [-0.2, 0) is 29.1 Å². The number of carbonyl (C=O) groups excluding carboxylic acids is 2. The second-order valence-corrected chi connectivity index (χ2v) is 9.89. The van der Waals surface area contributed by atoms with Crippen molar-refractivity contribution in [3.8, 4) is 5.75 Å². The van der Waals surface area contributed by atoms with Crippen LogP contribution in [0.5, 0.6) is 5.75 Å². The number of para-hydroxylation sites is 1. The highest BCUT2D eigenvalue weighted by Gasteiger charge is 2.30. The molecule has 0 aromatic heterocycles. The summed E-state index contributed by atoms with van der Waals surface area (Å²) in [5.74, 6) is -0.454. The average Bonchev–Trinajstić information content (AvgIpc) is 2.87. The van der Waals surface area contributed by atoms with Gasteiger partial charge in [0.1, 0.15) is 10.6 Å². The first-order chi connectivity index (χ1) is 16.4. The van der Waals surface area contributed by atoms with E-state index >= 15 is 0 Å². The molecule has 2 aliphatic rings. The van der Waals surface area contributed by atoms with Crippen molar-refractivity contribution in [2.24, 2.45) is 0 Å². The third-order valence-electron chi connectivity index (χ3n) is 5.76. The van der Waals surface area contributed by atoms with Gasteiger partial charge in [-0.1, -0.05) is 12.1 Å². The highest BCUT2D eigenvalue weighted by atomic mass is 32.2. The second-order valence-electron chi connectivity index (χ2n) is 8.06. The number of ether oxygens (including phenoxy) is 3. The molecule has 1 aromatic carbocycles. The van der Waals surface area contributed by atoms with Crippen molar-refractivity contribution in [3.63, 3.8) is 0 Å². The maximum atomic E-state index is 13.4. The van der Waals surface area contributed by atoms with Crippen molar-refractivity contribution in [2.45, 2.75) is 24.2 Å². The van der Waals surface area contributed by atoms with E-state index in [1.165, 1.54) is 19.2 Å². The van der Waals surface area contributed by atoms with Gasteiger partial charge < -0.3 is 19.1 Å². The Kier molecular flexibility index (Phi) is 10.1. The van der Waals surface area contributed by atoms with E-state index < -0.39 is 15.9 Å². The van der Waals surface area contributed by atoms with Crippen LogP contribution >= 0.6 is 0 Å². The molecule has 2 fully saturated rings. The molecular weight excluding hydrogens is 464 g/mol. The summed E-state index contributed by atoms with van der Waals surface area (Å²) in [6.07, 6.45) is 0.677. The SMILES string of the molecule is COc1ccccc1S(=O)(=O)N(CCC(=O)N1CCOCC1)NC(=O)CCCN1CCOCC1. The summed E-state index contributed by atoms with van der Waals surface area (Å²) in [4.78, 5) is 29.1. The number of hydrazine groups is 1. The molecule has 2 aliphatic heterocycles. The van der Waals surface area contributed by atoms with E-state index in [4.69, 9.17) is 14.2 Å². The van der Waals surface area contributed by atoms with Gasteiger partial charge in [-0.3, -0.25) is 19.9 Å². The predicted molar refractivity (Wildman–Crippen MR) is 124 cm³/mol. The summed E-state index contributed by atoms with van der Waals surface area (Å²) in [5, 5.41) is 0. The Morgan fingerprint density at radius 3 is 2.35 bits per heavy atom. The van der Waals surface area contributed by atoms with Gasteiger partial charge in [-0.2, -0.15) is 0 Å². The first-order valence-electron chi connectivity index (χ1n) is 11.5. The van der Waals surface area contributed by atoms with Crippen LogP contribution in [0.4, 0.5) is 0 Å². The molecule has 0 spiro atoms. The van der Waals surface area contributed by atoms with Crippen LogP contribution in [0, 0.1) is 0 Å². The van der Waals surface area contributed by atoms with Crippen LogP contribution in [0.1, 0.15) is 19.3 Å². The summed E-state index contributed by atoms with van der Waals surface area (Å²) in [6.45, 7) is 5.36. The molecule has 2 saturated heterocycles. The van der Waals surface area contributed by atoms with Gasteiger partial charge in [-0.15, -0.1) is 4.41 Å². The van der Waals surface area contributed by atoms with Gasteiger partial charge in [0.2, 0.25) is 11.8 Å². The monoisotopic (exact) mass is 498 g/mol. The highest BCUT2D eigenvalue weighted by molar-refractivity contribution is 7.89. The molecule has 0 aliphatic carbocycles. The summed E-state index contributed by atoms with van der Waals surface area (Å²) in [7, 11) is -2.78. The van der Waals surface area contributed by atoms with Crippen molar-refractivity contribution >= 4 is 21.8 Å². The number of benzene rings is 1. The van der Waals surface area contributed by atoms with E-state index in [0.717, 1.165) is 24.0 Å². The average molecular weight is 499 g/mol. The Morgan fingerprint density at radius 1 is 1.03 bits per heavy atom. The molecule has 0 radical (unpaired) electrons. The highest BCUT2D eigenvalue weighted by Crippen LogP contribution is 2.25. The van der Waals surface area contributed by atoms with Gasteiger partial charge in [-0.25, -0.2) is 8.42 Å². The van der Waals surface area contributed by atoms with Crippen molar-refractivity contribution in [3.05, 3.63) is 24.3 Å². The number of nitrogens with zero attached hydrogens (tertiary/aromatic N) is 3. The van der Waals surface area contributed by atoms with E-state index in [0.29, 0.717) is 45.9 Å². The molecule has 11 nitrogen and oxygen atoms in total. The third-order valence-corrected chi connectivity index (χ3v) is 7.51.